The number of fused-ring (bicyclic) bond motifs is 1. The van der Waals surface area contributed by atoms with Crippen LogP contribution in [0.25, 0.3) is 11.1 Å². The van der Waals surface area contributed by atoms with Gasteiger partial charge in [0.15, 0.2) is 5.71 Å². The fourth-order valence-corrected chi connectivity index (χ4v) is 4.55. The third kappa shape index (κ3) is 4.26. The average molecular weight is 518 g/mol. The summed E-state index contributed by atoms with van der Waals surface area (Å²) in [6.07, 6.45) is 0. The molecule has 178 valence electrons. The maximum Gasteiger partial charge on any atom is 0.335 e. The van der Waals surface area contributed by atoms with E-state index < -0.39 is 11.9 Å². The van der Waals surface area contributed by atoms with Gasteiger partial charge in [0, 0.05) is 21.2 Å². The van der Waals surface area contributed by atoms with Crippen molar-refractivity contribution in [2.24, 2.45) is 5.10 Å². The van der Waals surface area contributed by atoms with E-state index in [9.17, 15) is 19.8 Å². The zero-order chi connectivity index (χ0) is 25.4. The molecule has 0 aromatic heterocycles. The first-order valence-corrected chi connectivity index (χ1v) is 11.5. The zero-order valence-corrected chi connectivity index (χ0v) is 20.0. The normalized spacial score (nSPS) is 13.7. The van der Waals surface area contributed by atoms with Gasteiger partial charge >= 0.3 is 5.97 Å². The smallest absolute Gasteiger partial charge is 0.335 e. The molecule has 0 atom stereocenters. The molecule has 36 heavy (non-hydrogen) atoms. The van der Waals surface area contributed by atoms with Crippen molar-refractivity contribution in [1.82, 2.24) is 0 Å². The summed E-state index contributed by atoms with van der Waals surface area (Å²) in [5, 5.41) is 25.3. The first-order valence-electron chi connectivity index (χ1n) is 10.7. The van der Waals surface area contributed by atoms with E-state index in [-0.39, 0.29) is 22.7 Å². The van der Waals surface area contributed by atoms with Crippen molar-refractivity contribution < 1.29 is 19.8 Å². The number of hydrazone groups is 1. The minimum Gasteiger partial charge on any atom is -0.505 e. The molecule has 1 amide bonds. The molecule has 0 saturated heterocycles. The van der Waals surface area contributed by atoms with E-state index in [1.807, 2.05) is 6.07 Å². The monoisotopic (exact) mass is 517 g/mol. The summed E-state index contributed by atoms with van der Waals surface area (Å²) in [6.45, 7) is 0. The molecule has 0 saturated carbocycles. The number of halogens is 2. The van der Waals surface area contributed by atoms with Crippen molar-refractivity contribution >= 4 is 57.9 Å². The van der Waals surface area contributed by atoms with Crippen molar-refractivity contribution in [1.29, 1.82) is 0 Å². The molecule has 4 aromatic rings. The number of hydrogen-bond donors (Lipinski definition) is 3. The quantitative estimate of drug-likeness (QED) is 0.205. The molecule has 7 nitrogen and oxygen atoms in total. The topological polar surface area (TPSA) is 102 Å². The SMILES string of the molecule is O=C(O)c1cccc(-c2cccc(N/N=C3\C(=O)N(c4cc(Cl)cc(Cl)c4)c4ccccc43)c2O)c1. The Morgan fingerprint density at radius 3 is 2.31 bits per heavy atom. The Morgan fingerprint density at radius 2 is 1.56 bits per heavy atom. The van der Waals surface area contributed by atoms with Crippen molar-refractivity contribution in [2.75, 3.05) is 10.3 Å². The Morgan fingerprint density at radius 1 is 0.861 bits per heavy atom. The highest BCUT2D eigenvalue weighted by atomic mass is 35.5. The summed E-state index contributed by atoms with van der Waals surface area (Å²) >= 11 is 12.3. The van der Waals surface area contributed by atoms with Gasteiger partial charge in [0.1, 0.15) is 5.75 Å². The van der Waals surface area contributed by atoms with Gasteiger partial charge in [-0.1, -0.05) is 65.7 Å². The number of rotatable bonds is 5. The molecule has 0 aliphatic carbocycles. The number of anilines is 3. The number of carboxylic acids is 1. The summed E-state index contributed by atoms with van der Waals surface area (Å²) in [7, 11) is 0. The van der Waals surface area contributed by atoms with Crippen LogP contribution in [0, 0.1) is 0 Å². The molecule has 5 rings (SSSR count). The van der Waals surface area contributed by atoms with E-state index in [2.05, 4.69) is 10.5 Å². The molecule has 1 heterocycles. The molecule has 0 unspecified atom stereocenters. The molecule has 9 heteroatoms. The third-order valence-electron chi connectivity index (χ3n) is 5.66. The van der Waals surface area contributed by atoms with E-state index in [4.69, 9.17) is 23.2 Å². The summed E-state index contributed by atoms with van der Waals surface area (Å²) in [5.74, 6) is -1.60. The second-order valence-corrected chi connectivity index (χ2v) is 8.82. The standard InChI is InChI=1S/C27H17Cl2N3O4/c28-17-12-18(29)14-19(13-17)32-23-10-2-1-7-21(23)24(26(32)34)31-30-22-9-4-8-20(25(22)33)15-5-3-6-16(11-15)27(35)36/h1-14,30,33H,(H,35,36)/b31-24-. The highest BCUT2D eigenvalue weighted by Gasteiger charge is 2.35. The lowest BCUT2D eigenvalue weighted by atomic mass is 10.0. The lowest BCUT2D eigenvalue weighted by Gasteiger charge is -2.17. The Hall–Kier alpha value is -4.33. The first kappa shape index (κ1) is 23.4. The minimum atomic E-state index is -1.07. The molecule has 0 spiro atoms. The van der Waals surface area contributed by atoms with Crippen molar-refractivity contribution in [3.05, 3.63) is 106 Å². The van der Waals surface area contributed by atoms with Gasteiger partial charge in [-0.25, -0.2) is 4.79 Å². The zero-order valence-electron chi connectivity index (χ0n) is 18.4. The number of nitrogens with zero attached hydrogens (tertiary/aromatic N) is 2. The number of carbonyl (C=O) groups is 2. The summed E-state index contributed by atoms with van der Waals surface area (Å²) in [4.78, 5) is 26.2. The van der Waals surface area contributed by atoms with Gasteiger partial charge in [-0.3, -0.25) is 15.1 Å². The van der Waals surface area contributed by atoms with Crippen LogP contribution in [0.2, 0.25) is 10.0 Å². The van der Waals surface area contributed by atoms with Crippen LogP contribution in [0.3, 0.4) is 0 Å². The fraction of sp³-hybridized carbons (Fsp3) is 0. The van der Waals surface area contributed by atoms with Crippen LogP contribution in [0.15, 0.2) is 90.0 Å². The van der Waals surface area contributed by atoms with Crippen LogP contribution in [-0.4, -0.2) is 27.8 Å². The van der Waals surface area contributed by atoms with Gasteiger partial charge in [0.05, 0.1) is 22.6 Å². The van der Waals surface area contributed by atoms with Crippen LogP contribution in [0.4, 0.5) is 17.1 Å². The van der Waals surface area contributed by atoms with Gasteiger partial charge in [0.2, 0.25) is 0 Å². The van der Waals surface area contributed by atoms with E-state index in [0.717, 1.165) is 0 Å². The Bertz CT molecular complexity index is 1550. The summed E-state index contributed by atoms with van der Waals surface area (Å²) in [6, 6.07) is 23.2. The first-order chi connectivity index (χ1) is 17.3. The number of aromatic hydroxyl groups is 1. The molecule has 0 fully saturated rings. The van der Waals surface area contributed by atoms with E-state index in [1.165, 1.54) is 17.0 Å². The number of carboxylic acid groups (broad SMARTS) is 1. The Kier molecular flexibility index (Phi) is 6.10. The number of nitrogens with one attached hydrogen (secondary N) is 1. The van der Waals surface area contributed by atoms with Crippen LogP contribution in [0.1, 0.15) is 15.9 Å². The average Bonchev–Trinajstić information content (AvgIpc) is 3.14. The molecule has 0 bridgehead atoms. The van der Waals surface area contributed by atoms with Crippen molar-refractivity contribution in [2.45, 2.75) is 0 Å². The van der Waals surface area contributed by atoms with E-state index in [1.54, 1.807) is 66.7 Å². The maximum absolute atomic E-state index is 13.4. The molecule has 1 aliphatic heterocycles. The number of aromatic carboxylic acids is 1. The number of phenols is 1. The van der Waals surface area contributed by atoms with Crippen LogP contribution < -0.4 is 10.3 Å². The third-order valence-corrected chi connectivity index (χ3v) is 6.09. The number of hydrogen-bond acceptors (Lipinski definition) is 5. The van der Waals surface area contributed by atoms with Gasteiger partial charge in [-0.05, 0) is 48.0 Å². The largest absolute Gasteiger partial charge is 0.505 e. The Labute approximate surface area is 215 Å². The molecular weight excluding hydrogens is 501 g/mol. The second-order valence-electron chi connectivity index (χ2n) is 7.95. The predicted octanol–water partition coefficient (Wildman–Crippen LogP) is 6.56. The van der Waals surface area contributed by atoms with E-state index in [0.29, 0.717) is 38.1 Å². The number of amides is 1. The lowest BCUT2D eigenvalue weighted by molar-refractivity contribution is -0.111. The number of benzene rings is 4. The molecule has 0 radical (unpaired) electrons. The van der Waals surface area contributed by atoms with E-state index >= 15 is 0 Å². The second kappa shape index (κ2) is 9.37. The number of phenolic OH excluding ortho intramolecular Hbond substituents is 1. The Balaban J connectivity index is 1.51. The van der Waals surface area contributed by atoms with Gasteiger partial charge in [0.25, 0.3) is 5.91 Å². The fourth-order valence-electron chi connectivity index (χ4n) is 4.03. The molecule has 3 N–H and O–H groups in total. The highest BCUT2D eigenvalue weighted by Crippen LogP contribution is 2.39. The maximum atomic E-state index is 13.4. The highest BCUT2D eigenvalue weighted by molar-refractivity contribution is 6.56. The minimum absolute atomic E-state index is 0.0971. The summed E-state index contributed by atoms with van der Waals surface area (Å²) in [5.41, 5.74) is 5.92. The number of carbonyl (C=O) groups excluding carboxylic acids is 1. The van der Waals surface area contributed by atoms with Gasteiger partial charge in [-0.2, -0.15) is 5.10 Å². The predicted molar refractivity (Wildman–Crippen MR) is 141 cm³/mol. The van der Waals surface area contributed by atoms with Crippen LogP contribution >= 0.6 is 23.2 Å². The van der Waals surface area contributed by atoms with Crippen molar-refractivity contribution in [3.63, 3.8) is 0 Å². The molecule has 4 aromatic carbocycles. The van der Waals surface area contributed by atoms with Gasteiger partial charge in [-0.15, -0.1) is 0 Å². The van der Waals surface area contributed by atoms with Gasteiger partial charge < -0.3 is 10.2 Å². The molecule has 1 aliphatic rings. The van der Waals surface area contributed by atoms with Crippen LogP contribution in [0.5, 0.6) is 5.75 Å². The lowest BCUT2D eigenvalue weighted by Crippen LogP contribution is -2.26. The van der Waals surface area contributed by atoms with Crippen LogP contribution in [-0.2, 0) is 4.79 Å². The summed E-state index contributed by atoms with van der Waals surface area (Å²) < 4.78 is 0. The van der Waals surface area contributed by atoms with Crippen molar-refractivity contribution in [3.8, 4) is 16.9 Å². The molecular formula is C27H17Cl2N3O4. The number of para-hydroxylation sites is 2.